The maximum absolute atomic E-state index is 14.7. The molecule has 0 saturated carbocycles. The minimum absolute atomic E-state index is 0.0441. The Morgan fingerprint density at radius 2 is 1.90 bits per heavy atom. The van der Waals surface area contributed by atoms with Crippen LogP contribution in [0.25, 0.3) is 10.1 Å². The lowest BCUT2D eigenvalue weighted by Crippen LogP contribution is -2.46. The average Bonchev–Trinajstić information content (AvgIpc) is 3.19. The highest BCUT2D eigenvalue weighted by Crippen LogP contribution is 2.40. The zero-order chi connectivity index (χ0) is 30.9. The Morgan fingerprint density at radius 1 is 1.17 bits per heavy atom. The van der Waals surface area contributed by atoms with Gasteiger partial charge < -0.3 is 20.3 Å². The normalized spacial score (nSPS) is 19.5. The number of rotatable bonds is 7. The number of nitrogens with zero attached hydrogens (tertiary/aromatic N) is 1. The van der Waals surface area contributed by atoms with Crippen LogP contribution in [0.5, 0.6) is 5.75 Å². The van der Waals surface area contributed by atoms with Crippen LogP contribution in [0.15, 0.2) is 41.3 Å². The van der Waals surface area contributed by atoms with Gasteiger partial charge in [-0.25, -0.2) is 13.4 Å². The van der Waals surface area contributed by atoms with Gasteiger partial charge in [-0.2, -0.15) is 13.2 Å². The number of alkyl halides is 7. The number of ether oxygens (including phenoxy) is 1. The first-order chi connectivity index (χ1) is 19.5. The summed E-state index contributed by atoms with van der Waals surface area (Å²) >= 11 is 1.02. The lowest BCUT2D eigenvalue weighted by molar-refractivity contribution is -0.274. The lowest BCUT2D eigenvalue weighted by Gasteiger charge is -2.33. The second-order valence-corrected chi connectivity index (χ2v) is 13.1. The molecule has 1 unspecified atom stereocenters. The van der Waals surface area contributed by atoms with Gasteiger partial charge in [-0.15, -0.1) is 24.5 Å². The molecule has 3 N–H and O–H groups in total. The number of hydrogen-bond donors (Lipinski definition) is 3. The fourth-order valence-corrected chi connectivity index (χ4v) is 6.37. The molecule has 3 aromatic rings. The van der Waals surface area contributed by atoms with E-state index in [4.69, 9.17) is 4.78 Å². The molecule has 2 aromatic carbocycles. The summed E-state index contributed by atoms with van der Waals surface area (Å²) in [5, 5.41) is 6.12. The Balaban J connectivity index is 1.62. The third-order valence-corrected chi connectivity index (χ3v) is 8.83. The molecular weight excluding hydrogens is 609 g/mol. The third kappa shape index (κ3) is 8.20. The molecule has 1 aliphatic rings. The minimum Gasteiger partial charge on any atom is -0.404 e. The van der Waals surface area contributed by atoms with Crippen LogP contribution in [-0.4, -0.2) is 66.8 Å². The molecule has 0 amide bonds. The molecule has 3 atom stereocenters. The summed E-state index contributed by atoms with van der Waals surface area (Å²) < 4.78 is 118. The van der Waals surface area contributed by atoms with Crippen molar-refractivity contribution in [3.63, 3.8) is 0 Å². The summed E-state index contributed by atoms with van der Waals surface area (Å²) in [5.41, 5.74) is 0.295. The number of likely N-dealkylation sites (tertiary alicyclic amines) is 1. The smallest absolute Gasteiger partial charge is 0.404 e. The number of piperidine rings is 1. The van der Waals surface area contributed by atoms with E-state index in [2.05, 4.69) is 27.2 Å². The van der Waals surface area contributed by atoms with Crippen molar-refractivity contribution in [1.82, 2.24) is 4.90 Å². The van der Waals surface area contributed by atoms with E-state index in [0.717, 1.165) is 29.7 Å². The number of halogens is 7. The summed E-state index contributed by atoms with van der Waals surface area (Å²) in [6, 6.07) is 7.52. The van der Waals surface area contributed by atoms with Crippen molar-refractivity contribution < 1.29 is 39.7 Å². The number of anilines is 2. The van der Waals surface area contributed by atoms with Gasteiger partial charge in [0.15, 0.2) is 5.75 Å². The first kappa shape index (κ1) is 31.7. The highest BCUT2D eigenvalue weighted by molar-refractivity contribution is 7.91. The fourth-order valence-electron chi connectivity index (χ4n) is 4.54. The molecule has 1 fully saturated rings. The van der Waals surface area contributed by atoms with E-state index in [9.17, 15) is 34.9 Å². The summed E-state index contributed by atoms with van der Waals surface area (Å²) in [6.45, 7) is 0.639. The van der Waals surface area contributed by atoms with E-state index in [0.29, 0.717) is 28.7 Å². The van der Waals surface area contributed by atoms with Crippen LogP contribution < -0.4 is 15.4 Å². The minimum atomic E-state index is -5.07. The zero-order valence-electron chi connectivity index (χ0n) is 22.4. The summed E-state index contributed by atoms with van der Waals surface area (Å²) in [7, 11) is -1.52. The van der Waals surface area contributed by atoms with Crippen LogP contribution in [0, 0.1) is 16.6 Å². The summed E-state index contributed by atoms with van der Waals surface area (Å²) in [4.78, 5) is 1.81. The number of thiophene rings is 1. The number of nitrogens with one attached hydrogen (secondary N) is 3. The van der Waals surface area contributed by atoms with Gasteiger partial charge in [0, 0.05) is 19.3 Å². The van der Waals surface area contributed by atoms with Gasteiger partial charge in [0.25, 0.3) is 0 Å². The van der Waals surface area contributed by atoms with Crippen LogP contribution in [0.1, 0.15) is 16.9 Å². The van der Waals surface area contributed by atoms with Gasteiger partial charge in [0.1, 0.15) is 6.17 Å². The van der Waals surface area contributed by atoms with Crippen LogP contribution in [-0.2, 0) is 16.1 Å². The topological polar surface area (TPSA) is 77.5 Å². The molecule has 1 saturated heterocycles. The second-order valence-electron chi connectivity index (χ2n) is 9.91. The number of fused-ring (bicyclic) bond motifs is 1. The van der Waals surface area contributed by atoms with Crippen LogP contribution in [0.4, 0.5) is 42.1 Å². The maximum Gasteiger partial charge on any atom is 0.573 e. The van der Waals surface area contributed by atoms with Gasteiger partial charge >= 0.3 is 12.5 Å². The molecule has 42 heavy (non-hydrogen) atoms. The van der Waals surface area contributed by atoms with Crippen molar-refractivity contribution in [2.75, 3.05) is 43.6 Å². The molecule has 0 spiro atoms. The second kappa shape index (κ2) is 12.2. The van der Waals surface area contributed by atoms with Crippen molar-refractivity contribution in [2.24, 2.45) is 0 Å². The van der Waals surface area contributed by atoms with Crippen LogP contribution in [0.3, 0.4) is 0 Å². The van der Waals surface area contributed by atoms with Crippen LogP contribution in [0.2, 0.25) is 0 Å². The van der Waals surface area contributed by atoms with Crippen molar-refractivity contribution >= 4 is 42.5 Å². The lowest BCUT2D eigenvalue weighted by atomic mass is 10.0. The van der Waals surface area contributed by atoms with E-state index >= 15 is 0 Å². The van der Waals surface area contributed by atoms with Gasteiger partial charge in [-0.05, 0) is 48.7 Å². The molecular formula is C27H27F7N4O2S2. The molecule has 15 heteroatoms. The molecule has 228 valence electrons. The molecule has 0 aliphatic carbocycles. The van der Waals surface area contributed by atoms with Crippen molar-refractivity contribution in [3.05, 3.63) is 46.8 Å². The molecule has 1 aliphatic heterocycles. The van der Waals surface area contributed by atoms with E-state index in [1.165, 1.54) is 6.07 Å². The number of benzene rings is 2. The molecule has 0 bridgehead atoms. The summed E-state index contributed by atoms with van der Waals surface area (Å²) in [6.07, 6.45) is -10.4. The highest BCUT2D eigenvalue weighted by Gasteiger charge is 2.33. The molecule has 2 heterocycles. The van der Waals surface area contributed by atoms with Gasteiger partial charge in [0.05, 0.1) is 54.6 Å². The Morgan fingerprint density at radius 3 is 2.55 bits per heavy atom. The SMILES string of the molecule is CN1CC[C@@H](Nc2cccc3c(CC(F)(F)F)c(C#CCNc4ccc(S(C)(=N)=O)cc4OC(F)(F)F)sc23)[C@@H](F)C1. The molecule has 6 nitrogen and oxygen atoms in total. The quantitative estimate of drug-likeness (QED) is 0.195. The van der Waals surface area contributed by atoms with E-state index in [1.54, 1.807) is 18.2 Å². The van der Waals surface area contributed by atoms with Crippen molar-refractivity contribution in [3.8, 4) is 17.6 Å². The standard InChI is InChI=1S/C27H27F7N4O2S2/c1-38-12-10-20(19(28)15-38)37-22-6-3-5-17-18(14-26(29,30)31)24(41-25(17)22)7-4-11-36-21-9-8-16(42(2,35)39)13-23(21)40-27(32,33)34/h3,5-6,8-9,13,19-20,35-37H,10-12,14-15H2,1-2H3/t19-,20+,42?/m0/s1. The third-order valence-electron chi connectivity index (χ3n) is 6.48. The Labute approximate surface area is 242 Å². The Kier molecular flexibility index (Phi) is 9.19. The largest absolute Gasteiger partial charge is 0.573 e. The van der Waals surface area contributed by atoms with Crippen LogP contribution >= 0.6 is 11.3 Å². The molecule has 4 rings (SSSR count). The Hall–Kier alpha value is -3.22. The van der Waals surface area contributed by atoms with E-state index < -0.39 is 46.7 Å². The first-order valence-electron chi connectivity index (χ1n) is 12.6. The molecule has 1 aromatic heterocycles. The monoisotopic (exact) mass is 636 g/mol. The van der Waals surface area contributed by atoms with E-state index in [1.807, 2.05) is 11.9 Å². The fraction of sp³-hybridized carbons (Fsp3) is 0.407. The molecule has 0 radical (unpaired) electrons. The maximum atomic E-state index is 14.7. The van der Waals surface area contributed by atoms with E-state index in [-0.39, 0.29) is 34.1 Å². The Bertz CT molecular complexity index is 1610. The average molecular weight is 637 g/mol. The van der Waals surface area contributed by atoms with Gasteiger partial charge in [-0.3, -0.25) is 0 Å². The highest BCUT2D eigenvalue weighted by atomic mass is 32.2. The predicted octanol–water partition coefficient (Wildman–Crippen LogP) is 6.86. The number of hydrogen-bond acceptors (Lipinski definition) is 7. The van der Waals surface area contributed by atoms with Crippen molar-refractivity contribution in [2.45, 2.75) is 42.5 Å². The zero-order valence-corrected chi connectivity index (χ0v) is 24.0. The predicted molar refractivity (Wildman–Crippen MR) is 150 cm³/mol. The van der Waals surface area contributed by atoms with Gasteiger partial charge in [-0.1, -0.05) is 24.0 Å². The summed E-state index contributed by atoms with van der Waals surface area (Å²) in [5.74, 6) is 4.63. The van der Waals surface area contributed by atoms with Crippen molar-refractivity contribution in [1.29, 1.82) is 4.78 Å². The van der Waals surface area contributed by atoms with Gasteiger partial charge in [0.2, 0.25) is 0 Å². The first-order valence-corrected chi connectivity index (χ1v) is 15.3.